The van der Waals surface area contributed by atoms with Gasteiger partial charge in [-0.3, -0.25) is 4.79 Å². The Morgan fingerprint density at radius 1 is 1.23 bits per heavy atom. The third-order valence-corrected chi connectivity index (χ3v) is 5.27. The van der Waals surface area contributed by atoms with Crippen LogP contribution >= 0.6 is 23.2 Å². The molecule has 30 heavy (non-hydrogen) atoms. The molecular weight excluding hydrogens is 425 g/mol. The second kappa shape index (κ2) is 10.0. The first-order valence-corrected chi connectivity index (χ1v) is 10.6. The molecule has 0 unspecified atom stereocenters. The summed E-state index contributed by atoms with van der Waals surface area (Å²) in [6, 6.07) is 9.39. The van der Waals surface area contributed by atoms with Crippen LogP contribution in [0.3, 0.4) is 0 Å². The lowest BCUT2D eigenvalue weighted by Crippen LogP contribution is -2.07. The number of halogens is 2. The van der Waals surface area contributed by atoms with Crippen LogP contribution in [-0.2, 0) is 16.1 Å². The van der Waals surface area contributed by atoms with Crippen molar-refractivity contribution in [3.63, 3.8) is 0 Å². The van der Waals surface area contributed by atoms with Crippen molar-refractivity contribution in [2.45, 2.75) is 33.2 Å². The van der Waals surface area contributed by atoms with Gasteiger partial charge in [0.25, 0.3) is 0 Å². The largest absolute Gasteiger partial charge is 0.493 e. The molecular formula is C22H25Cl2N3O3. The van der Waals surface area contributed by atoms with Gasteiger partial charge in [0, 0.05) is 29.6 Å². The molecule has 0 amide bonds. The first-order chi connectivity index (χ1) is 14.4. The molecule has 0 spiro atoms. The fourth-order valence-electron chi connectivity index (χ4n) is 3.25. The molecule has 1 heterocycles. The Bertz CT molecular complexity index is 1050. The van der Waals surface area contributed by atoms with Gasteiger partial charge in [-0.05, 0) is 49.6 Å². The van der Waals surface area contributed by atoms with Gasteiger partial charge in [0.2, 0.25) is 5.95 Å². The number of imidazole rings is 1. The van der Waals surface area contributed by atoms with Crippen LogP contribution in [0.15, 0.2) is 30.3 Å². The van der Waals surface area contributed by atoms with Crippen molar-refractivity contribution in [3.8, 4) is 5.75 Å². The number of aryl methyl sites for hydroxylation is 1. The summed E-state index contributed by atoms with van der Waals surface area (Å²) in [6.07, 6.45) is 0.934. The number of aromatic nitrogens is 2. The van der Waals surface area contributed by atoms with Gasteiger partial charge in [0.15, 0.2) is 0 Å². The molecule has 160 valence electrons. The Balaban J connectivity index is 1.84. The highest BCUT2D eigenvalue weighted by atomic mass is 35.5. The van der Waals surface area contributed by atoms with Crippen LogP contribution in [0.1, 0.15) is 30.9 Å². The highest BCUT2D eigenvalue weighted by Crippen LogP contribution is 2.30. The molecule has 1 N–H and O–H groups in total. The van der Waals surface area contributed by atoms with E-state index in [1.54, 1.807) is 13.0 Å². The van der Waals surface area contributed by atoms with Gasteiger partial charge in [-0.25, -0.2) is 4.98 Å². The van der Waals surface area contributed by atoms with E-state index in [0.29, 0.717) is 42.6 Å². The number of ether oxygens (including phenoxy) is 2. The minimum absolute atomic E-state index is 0.204. The topological polar surface area (TPSA) is 65.4 Å². The summed E-state index contributed by atoms with van der Waals surface area (Å²) < 4.78 is 12.9. The Morgan fingerprint density at radius 3 is 2.73 bits per heavy atom. The number of carbonyl (C=O) groups is 1. The summed E-state index contributed by atoms with van der Waals surface area (Å²) in [6.45, 7) is 5.16. The van der Waals surface area contributed by atoms with Gasteiger partial charge in [0.05, 0.1) is 30.8 Å². The van der Waals surface area contributed by atoms with Crippen LogP contribution in [0.2, 0.25) is 10.0 Å². The molecule has 0 saturated heterocycles. The SMILES string of the molecule is CCOC(=O)CCCOc1cc(C)c2nc(NC)n(Cc3ccc(Cl)cc3Cl)c2c1. The summed E-state index contributed by atoms with van der Waals surface area (Å²) >= 11 is 12.4. The zero-order valence-electron chi connectivity index (χ0n) is 17.3. The summed E-state index contributed by atoms with van der Waals surface area (Å²) in [5.74, 6) is 1.26. The molecule has 0 aliphatic carbocycles. The second-order valence-corrected chi connectivity index (χ2v) is 7.72. The van der Waals surface area contributed by atoms with E-state index in [-0.39, 0.29) is 5.97 Å². The second-order valence-electron chi connectivity index (χ2n) is 6.87. The van der Waals surface area contributed by atoms with E-state index in [1.807, 2.05) is 38.2 Å². The number of hydrogen-bond donors (Lipinski definition) is 1. The molecule has 3 aromatic rings. The molecule has 2 aromatic carbocycles. The lowest BCUT2D eigenvalue weighted by molar-refractivity contribution is -0.143. The van der Waals surface area contributed by atoms with Crippen molar-refractivity contribution in [2.24, 2.45) is 0 Å². The predicted molar refractivity (Wildman–Crippen MR) is 121 cm³/mol. The highest BCUT2D eigenvalue weighted by Gasteiger charge is 2.15. The standard InChI is InChI=1S/C22H25Cl2N3O3/c1-4-29-20(28)6-5-9-30-17-10-14(2)21-19(12-17)27(22(25-3)26-21)13-15-7-8-16(23)11-18(15)24/h7-8,10-12H,4-6,9,13H2,1-3H3,(H,25,26). The summed E-state index contributed by atoms with van der Waals surface area (Å²) in [4.78, 5) is 16.2. The van der Waals surface area contributed by atoms with Crippen LogP contribution in [0.4, 0.5) is 5.95 Å². The van der Waals surface area contributed by atoms with Crippen LogP contribution in [0, 0.1) is 6.92 Å². The number of carbonyl (C=O) groups excluding carboxylic acids is 1. The van der Waals surface area contributed by atoms with E-state index >= 15 is 0 Å². The summed E-state index contributed by atoms with van der Waals surface area (Å²) in [5.41, 5.74) is 3.77. The Kier molecular flexibility index (Phi) is 7.45. The normalized spacial score (nSPS) is 11.0. The van der Waals surface area contributed by atoms with Gasteiger partial charge in [-0.15, -0.1) is 0 Å². The quantitative estimate of drug-likeness (QED) is 0.346. The number of fused-ring (bicyclic) bond motifs is 1. The minimum atomic E-state index is -0.204. The maximum atomic E-state index is 11.5. The first-order valence-electron chi connectivity index (χ1n) is 9.84. The maximum Gasteiger partial charge on any atom is 0.305 e. The lowest BCUT2D eigenvalue weighted by Gasteiger charge is -2.12. The highest BCUT2D eigenvalue weighted by molar-refractivity contribution is 6.35. The smallest absolute Gasteiger partial charge is 0.305 e. The molecule has 6 nitrogen and oxygen atoms in total. The lowest BCUT2D eigenvalue weighted by atomic mass is 10.2. The van der Waals surface area contributed by atoms with Crippen LogP contribution in [-0.4, -0.2) is 35.8 Å². The molecule has 0 radical (unpaired) electrons. The van der Waals surface area contributed by atoms with Gasteiger partial charge < -0.3 is 19.4 Å². The van der Waals surface area contributed by atoms with E-state index in [4.69, 9.17) is 37.7 Å². The number of hydrogen-bond acceptors (Lipinski definition) is 5. The molecule has 0 saturated carbocycles. The maximum absolute atomic E-state index is 11.5. The molecule has 0 aliphatic rings. The molecule has 3 rings (SSSR count). The molecule has 0 aliphatic heterocycles. The Morgan fingerprint density at radius 2 is 2.03 bits per heavy atom. The minimum Gasteiger partial charge on any atom is -0.493 e. The number of esters is 1. The van der Waals surface area contributed by atoms with E-state index in [2.05, 4.69) is 9.88 Å². The van der Waals surface area contributed by atoms with Crippen LogP contribution in [0.25, 0.3) is 11.0 Å². The zero-order valence-corrected chi connectivity index (χ0v) is 18.8. The van der Waals surface area contributed by atoms with Crippen LogP contribution in [0.5, 0.6) is 5.75 Å². The van der Waals surface area contributed by atoms with Gasteiger partial charge in [-0.2, -0.15) is 0 Å². The fraction of sp³-hybridized carbons (Fsp3) is 0.364. The number of rotatable bonds is 9. The molecule has 0 atom stereocenters. The predicted octanol–water partition coefficient (Wildman–Crippen LogP) is 5.46. The molecule has 0 bridgehead atoms. The third kappa shape index (κ3) is 5.18. The number of nitrogens with one attached hydrogen (secondary N) is 1. The van der Waals surface area contributed by atoms with Crippen molar-refractivity contribution in [3.05, 3.63) is 51.5 Å². The fourth-order valence-corrected chi connectivity index (χ4v) is 3.72. The van der Waals surface area contributed by atoms with Crippen LogP contribution < -0.4 is 10.1 Å². The zero-order chi connectivity index (χ0) is 21.7. The third-order valence-electron chi connectivity index (χ3n) is 4.68. The summed E-state index contributed by atoms with van der Waals surface area (Å²) in [7, 11) is 1.84. The van der Waals surface area contributed by atoms with Crippen molar-refractivity contribution in [1.29, 1.82) is 0 Å². The molecule has 0 fully saturated rings. The Hall–Kier alpha value is -2.44. The molecule has 8 heteroatoms. The number of nitrogens with zero attached hydrogens (tertiary/aromatic N) is 2. The number of benzene rings is 2. The van der Waals surface area contributed by atoms with Crippen molar-refractivity contribution in [2.75, 3.05) is 25.6 Å². The Labute approximate surface area is 186 Å². The van der Waals surface area contributed by atoms with E-state index in [1.165, 1.54) is 0 Å². The van der Waals surface area contributed by atoms with E-state index < -0.39 is 0 Å². The van der Waals surface area contributed by atoms with Gasteiger partial charge >= 0.3 is 5.97 Å². The summed E-state index contributed by atoms with van der Waals surface area (Å²) in [5, 5.41) is 4.36. The van der Waals surface area contributed by atoms with Gasteiger partial charge in [0.1, 0.15) is 5.75 Å². The van der Waals surface area contributed by atoms with E-state index in [0.717, 1.165) is 33.9 Å². The van der Waals surface area contributed by atoms with Crippen molar-refractivity contribution >= 4 is 46.2 Å². The van der Waals surface area contributed by atoms with Gasteiger partial charge in [-0.1, -0.05) is 29.3 Å². The monoisotopic (exact) mass is 449 g/mol. The number of anilines is 1. The van der Waals surface area contributed by atoms with E-state index in [9.17, 15) is 4.79 Å². The van der Waals surface area contributed by atoms with Crippen molar-refractivity contribution in [1.82, 2.24) is 9.55 Å². The van der Waals surface area contributed by atoms with Crippen molar-refractivity contribution < 1.29 is 14.3 Å². The first kappa shape index (κ1) is 22.2. The average Bonchev–Trinajstić information content (AvgIpc) is 3.06. The average molecular weight is 450 g/mol. The molecule has 1 aromatic heterocycles.